The molecule has 0 bridgehead atoms. The minimum absolute atomic E-state index is 0.105. The summed E-state index contributed by atoms with van der Waals surface area (Å²) in [4.78, 5) is 31.2. The van der Waals surface area contributed by atoms with E-state index in [1.807, 2.05) is 24.3 Å². The van der Waals surface area contributed by atoms with Gasteiger partial charge in [-0.25, -0.2) is 0 Å². The fourth-order valence-electron chi connectivity index (χ4n) is 4.76. The molecule has 0 radical (unpaired) electrons. The molecule has 1 unspecified atom stereocenters. The molecule has 1 fully saturated rings. The highest BCUT2D eigenvalue weighted by Crippen LogP contribution is 2.39. The van der Waals surface area contributed by atoms with Crippen LogP contribution in [0, 0.1) is 0 Å². The Labute approximate surface area is 208 Å². The summed E-state index contributed by atoms with van der Waals surface area (Å²) in [5, 5.41) is 0.812. The summed E-state index contributed by atoms with van der Waals surface area (Å²) in [6, 6.07) is 11.8. The number of amides is 1. The molecule has 35 heavy (non-hydrogen) atoms. The maximum absolute atomic E-state index is 13.6. The normalized spacial score (nSPS) is 18.1. The van der Waals surface area contributed by atoms with Crippen LogP contribution in [-0.4, -0.2) is 61.7 Å². The second-order valence-electron chi connectivity index (χ2n) is 8.69. The van der Waals surface area contributed by atoms with Crippen LogP contribution in [0.25, 0.3) is 11.0 Å². The zero-order valence-corrected chi connectivity index (χ0v) is 20.1. The van der Waals surface area contributed by atoms with Crippen molar-refractivity contribution in [2.45, 2.75) is 12.5 Å². The number of carbonyl (C=O) groups excluding carboxylic acids is 1. The van der Waals surface area contributed by atoms with Crippen molar-refractivity contribution < 1.29 is 18.7 Å². The SMILES string of the molecule is C=CCOc1ccc(C2c3c(oc4ccc(Cl)cc4c3=O)C(=O)N2CCCN2CCOCC2)cc1. The van der Waals surface area contributed by atoms with Crippen molar-refractivity contribution in [1.29, 1.82) is 0 Å². The van der Waals surface area contributed by atoms with Crippen LogP contribution in [0.3, 0.4) is 0 Å². The van der Waals surface area contributed by atoms with Gasteiger partial charge >= 0.3 is 0 Å². The third kappa shape index (κ3) is 4.72. The Morgan fingerprint density at radius 2 is 1.86 bits per heavy atom. The van der Waals surface area contributed by atoms with E-state index in [0.29, 0.717) is 40.5 Å². The Morgan fingerprint density at radius 3 is 2.60 bits per heavy atom. The van der Waals surface area contributed by atoms with Gasteiger partial charge in [-0.3, -0.25) is 14.5 Å². The van der Waals surface area contributed by atoms with Crippen molar-refractivity contribution >= 4 is 28.5 Å². The summed E-state index contributed by atoms with van der Waals surface area (Å²) in [6.07, 6.45) is 2.45. The molecular formula is C27H27ClN2O5. The molecule has 1 amide bonds. The first-order valence-electron chi connectivity index (χ1n) is 11.8. The van der Waals surface area contributed by atoms with E-state index in [-0.39, 0.29) is 17.1 Å². The standard InChI is InChI=1S/C27H27ClN2O5/c1-2-14-34-20-7-4-18(5-8-20)24-23-25(31)21-17-19(28)6-9-22(21)35-26(23)27(32)30(24)11-3-10-29-12-15-33-16-13-29/h2,4-9,17,24H,1,3,10-16H2. The smallest absolute Gasteiger partial charge is 0.290 e. The molecule has 5 rings (SSSR count). The lowest BCUT2D eigenvalue weighted by atomic mass is 9.98. The Morgan fingerprint density at radius 1 is 1.09 bits per heavy atom. The van der Waals surface area contributed by atoms with Crippen LogP contribution in [-0.2, 0) is 4.74 Å². The number of hydrogen-bond donors (Lipinski definition) is 0. The number of morpholine rings is 1. The van der Waals surface area contributed by atoms with Crippen molar-refractivity contribution in [2.75, 3.05) is 46.0 Å². The van der Waals surface area contributed by atoms with Gasteiger partial charge in [-0.15, -0.1) is 0 Å². The highest BCUT2D eigenvalue weighted by molar-refractivity contribution is 6.31. The van der Waals surface area contributed by atoms with E-state index < -0.39 is 6.04 Å². The third-order valence-corrected chi connectivity index (χ3v) is 6.70. The van der Waals surface area contributed by atoms with Crippen LogP contribution in [0.2, 0.25) is 5.02 Å². The van der Waals surface area contributed by atoms with Gasteiger partial charge in [0.2, 0.25) is 5.76 Å². The predicted octanol–water partition coefficient (Wildman–Crippen LogP) is 4.28. The lowest BCUT2D eigenvalue weighted by Crippen LogP contribution is -2.38. The van der Waals surface area contributed by atoms with Gasteiger partial charge in [0, 0.05) is 31.2 Å². The van der Waals surface area contributed by atoms with Gasteiger partial charge in [0.1, 0.15) is 17.9 Å². The second-order valence-corrected chi connectivity index (χ2v) is 9.13. The number of nitrogens with zero attached hydrogens (tertiary/aromatic N) is 2. The van der Waals surface area contributed by atoms with E-state index in [0.717, 1.165) is 44.8 Å². The van der Waals surface area contributed by atoms with Crippen LogP contribution < -0.4 is 10.2 Å². The topological polar surface area (TPSA) is 72.2 Å². The van der Waals surface area contributed by atoms with Gasteiger partial charge in [-0.1, -0.05) is 36.4 Å². The number of ether oxygens (including phenoxy) is 2. The zero-order valence-electron chi connectivity index (χ0n) is 19.4. The summed E-state index contributed by atoms with van der Waals surface area (Å²) < 4.78 is 17.0. The Kier molecular flexibility index (Phi) is 6.90. The van der Waals surface area contributed by atoms with Crippen molar-refractivity contribution in [3.05, 3.63) is 87.3 Å². The lowest BCUT2D eigenvalue weighted by molar-refractivity contribution is 0.0353. The highest BCUT2D eigenvalue weighted by atomic mass is 35.5. The minimum atomic E-state index is -0.546. The predicted molar refractivity (Wildman–Crippen MR) is 134 cm³/mol. The molecule has 0 N–H and O–H groups in total. The quantitative estimate of drug-likeness (QED) is 0.435. The first kappa shape index (κ1) is 23.6. The molecule has 2 aliphatic heterocycles. The van der Waals surface area contributed by atoms with Gasteiger partial charge < -0.3 is 18.8 Å². The number of hydrogen-bond acceptors (Lipinski definition) is 6. The summed E-state index contributed by atoms with van der Waals surface area (Å²) >= 11 is 6.16. The van der Waals surface area contributed by atoms with Crippen molar-refractivity contribution in [1.82, 2.24) is 9.80 Å². The average Bonchev–Trinajstić information content (AvgIpc) is 3.16. The van der Waals surface area contributed by atoms with Crippen LogP contribution in [0.15, 0.2) is 64.3 Å². The Bertz CT molecular complexity index is 1300. The second kappa shape index (κ2) is 10.2. The zero-order chi connectivity index (χ0) is 24.4. The fourth-order valence-corrected chi connectivity index (χ4v) is 4.93. The number of rotatable bonds is 8. The minimum Gasteiger partial charge on any atom is -0.490 e. The molecule has 2 aromatic carbocycles. The van der Waals surface area contributed by atoms with Gasteiger partial charge in [-0.2, -0.15) is 0 Å². The molecule has 1 aromatic heterocycles. The first-order valence-corrected chi connectivity index (χ1v) is 12.2. The van der Waals surface area contributed by atoms with Crippen LogP contribution in [0.1, 0.15) is 34.1 Å². The molecule has 0 saturated carbocycles. The molecule has 0 spiro atoms. The van der Waals surface area contributed by atoms with E-state index in [4.69, 9.17) is 25.5 Å². The molecule has 1 saturated heterocycles. The lowest BCUT2D eigenvalue weighted by Gasteiger charge is -2.29. The summed E-state index contributed by atoms with van der Waals surface area (Å²) in [6.45, 7) is 8.64. The van der Waals surface area contributed by atoms with Gasteiger partial charge in [0.05, 0.1) is 30.2 Å². The van der Waals surface area contributed by atoms with Crippen LogP contribution in [0.5, 0.6) is 5.75 Å². The monoisotopic (exact) mass is 494 g/mol. The third-order valence-electron chi connectivity index (χ3n) is 6.47. The van der Waals surface area contributed by atoms with Gasteiger partial charge in [0.15, 0.2) is 5.43 Å². The molecule has 2 aliphatic rings. The Hall–Kier alpha value is -3.13. The maximum Gasteiger partial charge on any atom is 0.290 e. The van der Waals surface area contributed by atoms with E-state index >= 15 is 0 Å². The fraction of sp³-hybridized carbons (Fsp3) is 0.333. The number of benzene rings is 2. The van der Waals surface area contributed by atoms with Crippen molar-refractivity contribution in [2.24, 2.45) is 0 Å². The van der Waals surface area contributed by atoms with Crippen LogP contribution >= 0.6 is 11.6 Å². The van der Waals surface area contributed by atoms with E-state index in [1.165, 1.54) is 0 Å². The number of fused-ring (bicyclic) bond motifs is 2. The molecular weight excluding hydrogens is 468 g/mol. The van der Waals surface area contributed by atoms with E-state index in [2.05, 4.69) is 11.5 Å². The molecule has 182 valence electrons. The van der Waals surface area contributed by atoms with Crippen molar-refractivity contribution in [3.63, 3.8) is 0 Å². The summed E-state index contributed by atoms with van der Waals surface area (Å²) in [5.41, 5.74) is 1.30. The highest BCUT2D eigenvalue weighted by Gasteiger charge is 2.42. The van der Waals surface area contributed by atoms with E-state index in [1.54, 1.807) is 29.2 Å². The van der Waals surface area contributed by atoms with Crippen LogP contribution in [0.4, 0.5) is 0 Å². The van der Waals surface area contributed by atoms with Gasteiger partial charge in [0.25, 0.3) is 5.91 Å². The summed E-state index contributed by atoms with van der Waals surface area (Å²) in [7, 11) is 0. The summed E-state index contributed by atoms with van der Waals surface area (Å²) in [5.74, 6) is 0.524. The number of carbonyl (C=O) groups is 1. The largest absolute Gasteiger partial charge is 0.490 e. The molecule has 8 heteroatoms. The molecule has 3 heterocycles. The maximum atomic E-state index is 13.6. The molecule has 7 nitrogen and oxygen atoms in total. The average molecular weight is 495 g/mol. The molecule has 1 atom stereocenters. The molecule has 3 aromatic rings. The van der Waals surface area contributed by atoms with Crippen molar-refractivity contribution in [3.8, 4) is 5.75 Å². The van der Waals surface area contributed by atoms with Gasteiger partial charge in [-0.05, 0) is 42.3 Å². The number of halogens is 1. The first-order chi connectivity index (χ1) is 17.1. The Balaban J connectivity index is 1.51. The molecule has 0 aliphatic carbocycles. The van der Waals surface area contributed by atoms with E-state index in [9.17, 15) is 9.59 Å².